The van der Waals surface area contributed by atoms with Gasteiger partial charge < -0.3 is 24.7 Å². The Balaban J connectivity index is 1.21. The Morgan fingerprint density at radius 3 is 2.58 bits per heavy atom. The molecule has 4 aromatic rings. The van der Waals surface area contributed by atoms with Crippen LogP contribution >= 0.6 is 0 Å². The van der Waals surface area contributed by atoms with Crippen LogP contribution in [0.1, 0.15) is 41.9 Å². The lowest BCUT2D eigenvalue weighted by molar-refractivity contribution is -0.116. The predicted octanol–water partition coefficient (Wildman–Crippen LogP) is 5.10. The van der Waals surface area contributed by atoms with Crippen LogP contribution in [0.2, 0.25) is 0 Å². The molecule has 1 saturated carbocycles. The first-order valence-corrected chi connectivity index (χ1v) is 13.8. The second-order valence-electron chi connectivity index (χ2n) is 10.4. The molecule has 1 aliphatic carbocycles. The predicted molar refractivity (Wildman–Crippen MR) is 153 cm³/mol. The summed E-state index contributed by atoms with van der Waals surface area (Å²) in [7, 11) is 0. The van der Waals surface area contributed by atoms with E-state index in [1.807, 2.05) is 66.9 Å². The van der Waals surface area contributed by atoms with Gasteiger partial charge in [0.15, 0.2) is 5.69 Å². The van der Waals surface area contributed by atoms with E-state index in [0.717, 1.165) is 41.2 Å². The van der Waals surface area contributed by atoms with Crippen molar-refractivity contribution in [1.82, 2.24) is 15.2 Å². The first-order chi connectivity index (χ1) is 19.7. The Hall–Kier alpha value is -4.50. The lowest BCUT2D eigenvalue weighted by Gasteiger charge is -2.31. The van der Waals surface area contributed by atoms with Gasteiger partial charge in [-0.1, -0.05) is 60.1 Å². The fourth-order valence-corrected chi connectivity index (χ4v) is 5.50. The zero-order valence-corrected chi connectivity index (χ0v) is 22.0. The molecule has 0 unspecified atom stereocenters. The van der Waals surface area contributed by atoms with Crippen molar-refractivity contribution in [1.29, 1.82) is 0 Å². The summed E-state index contributed by atoms with van der Waals surface area (Å²) in [6.45, 7) is 2.88. The largest absolute Gasteiger partial charge is 0.402 e. The summed E-state index contributed by atoms with van der Waals surface area (Å²) in [5.74, 6) is 0.661. The van der Waals surface area contributed by atoms with Crippen molar-refractivity contribution >= 4 is 28.9 Å². The lowest BCUT2D eigenvalue weighted by atomic mass is 9.80. The molecule has 1 saturated heterocycles. The molecule has 0 radical (unpaired) electrons. The molecule has 2 aromatic carbocycles. The molecule has 7 rings (SSSR count). The zero-order chi connectivity index (χ0) is 26.9. The van der Waals surface area contributed by atoms with E-state index in [4.69, 9.17) is 14.1 Å². The van der Waals surface area contributed by atoms with E-state index >= 15 is 0 Å². The van der Waals surface area contributed by atoms with Crippen LogP contribution in [0.25, 0.3) is 17.2 Å². The molecular weight excluding hydrogens is 504 g/mol. The van der Waals surface area contributed by atoms with Crippen LogP contribution in [0.4, 0.5) is 17.4 Å². The van der Waals surface area contributed by atoms with E-state index in [0.29, 0.717) is 30.7 Å². The van der Waals surface area contributed by atoms with Crippen molar-refractivity contribution in [2.75, 3.05) is 41.8 Å². The number of anilines is 3. The highest BCUT2D eigenvalue weighted by Gasteiger charge is 2.28. The second kappa shape index (κ2) is 10.6. The number of aromatic nitrogens is 3. The molecule has 40 heavy (non-hydrogen) atoms. The highest BCUT2D eigenvalue weighted by molar-refractivity contribution is 6.05. The van der Waals surface area contributed by atoms with E-state index in [1.54, 1.807) is 0 Å². The van der Waals surface area contributed by atoms with Crippen molar-refractivity contribution in [2.24, 2.45) is 0 Å². The SMILES string of the molecule is O=C1Nc2ccccc2C(c2ccccc2)=C[C@@H]1Nc1nnc(-c2ncc(C3CCC3)cc2N2CCOCC2)o1. The summed E-state index contributed by atoms with van der Waals surface area (Å²) < 4.78 is 11.7. The van der Waals surface area contributed by atoms with Gasteiger partial charge in [-0.15, -0.1) is 5.10 Å². The van der Waals surface area contributed by atoms with Crippen LogP contribution in [-0.2, 0) is 9.53 Å². The Kier molecular flexibility index (Phi) is 6.49. The smallest absolute Gasteiger partial charge is 0.316 e. The molecule has 2 N–H and O–H groups in total. The third kappa shape index (κ3) is 4.73. The van der Waals surface area contributed by atoms with Gasteiger partial charge in [-0.3, -0.25) is 4.79 Å². The maximum Gasteiger partial charge on any atom is 0.316 e. The van der Waals surface area contributed by atoms with Crippen LogP contribution in [0.15, 0.2) is 77.4 Å². The highest BCUT2D eigenvalue weighted by atomic mass is 16.5. The summed E-state index contributed by atoms with van der Waals surface area (Å²) in [4.78, 5) is 20.4. The number of ether oxygens (including phenoxy) is 1. The van der Waals surface area contributed by atoms with E-state index < -0.39 is 6.04 Å². The summed E-state index contributed by atoms with van der Waals surface area (Å²) in [5, 5.41) is 14.8. The molecular formula is C31H30N6O3. The van der Waals surface area contributed by atoms with Gasteiger partial charge >= 0.3 is 6.01 Å². The molecule has 0 bridgehead atoms. The number of hydrogen-bond acceptors (Lipinski definition) is 8. The van der Waals surface area contributed by atoms with Gasteiger partial charge in [-0.25, -0.2) is 4.98 Å². The number of rotatable bonds is 6. The van der Waals surface area contributed by atoms with Gasteiger partial charge in [0.25, 0.3) is 11.8 Å². The van der Waals surface area contributed by atoms with Crippen LogP contribution in [0.3, 0.4) is 0 Å². The maximum atomic E-state index is 13.3. The van der Waals surface area contributed by atoms with Gasteiger partial charge in [0.1, 0.15) is 6.04 Å². The second-order valence-corrected chi connectivity index (χ2v) is 10.4. The summed E-state index contributed by atoms with van der Waals surface area (Å²) in [6.07, 6.45) is 7.50. The Labute approximate surface area is 232 Å². The molecule has 3 aliphatic rings. The van der Waals surface area contributed by atoms with Crippen LogP contribution in [-0.4, -0.2) is 53.4 Å². The van der Waals surface area contributed by atoms with E-state index in [-0.39, 0.29) is 11.9 Å². The van der Waals surface area contributed by atoms with Gasteiger partial charge in [0.05, 0.1) is 18.9 Å². The van der Waals surface area contributed by atoms with Gasteiger partial charge in [0.2, 0.25) is 0 Å². The van der Waals surface area contributed by atoms with Gasteiger partial charge in [-0.2, -0.15) is 0 Å². The van der Waals surface area contributed by atoms with Crippen LogP contribution in [0.5, 0.6) is 0 Å². The molecule has 2 aromatic heterocycles. The van der Waals surface area contributed by atoms with Crippen molar-refractivity contribution in [2.45, 2.75) is 31.2 Å². The first-order valence-electron chi connectivity index (χ1n) is 13.8. The highest BCUT2D eigenvalue weighted by Crippen LogP contribution is 2.40. The van der Waals surface area contributed by atoms with Crippen LogP contribution < -0.4 is 15.5 Å². The maximum absolute atomic E-state index is 13.3. The fraction of sp³-hybridized carbons (Fsp3) is 0.290. The molecule has 1 amide bonds. The number of fused-ring (bicyclic) bond motifs is 1. The first kappa shape index (κ1) is 24.5. The minimum absolute atomic E-state index is 0.155. The van der Waals surface area contributed by atoms with Crippen molar-refractivity contribution in [3.63, 3.8) is 0 Å². The number of nitrogens with zero attached hydrogens (tertiary/aromatic N) is 4. The molecule has 202 valence electrons. The topological polar surface area (TPSA) is 105 Å². The minimum Gasteiger partial charge on any atom is -0.402 e. The van der Waals surface area contributed by atoms with Crippen molar-refractivity contribution in [3.8, 4) is 11.6 Å². The average molecular weight is 535 g/mol. The summed E-state index contributed by atoms with van der Waals surface area (Å²) >= 11 is 0. The zero-order valence-electron chi connectivity index (χ0n) is 22.0. The number of nitrogens with one attached hydrogen (secondary N) is 2. The standard InChI is InChI=1S/C31H30N6O3/c38-29-26(18-24(21-7-2-1-3-8-21)23-11-4-5-12-25(23)33-29)34-31-36-35-30(40-31)28-27(37-13-15-39-16-14-37)17-22(19-32-28)20-9-6-10-20/h1-5,7-8,11-12,17-20,26H,6,9-10,13-16H2,(H,33,38)(H,34,36)/t26-/m0/s1. The van der Waals surface area contributed by atoms with E-state index in [1.165, 1.54) is 24.8 Å². The minimum atomic E-state index is -0.733. The molecule has 4 heterocycles. The number of morpholine rings is 1. The number of hydrogen-bond donors (Lipinski definition) is 2. The normalized spacial score (nSPS) is 19.2. The molecule has 1 atom stereocenters. The average Bonchev–Trinajstić information content (AvgIpc) is 3.38. The molecule has 9 heteroatoms. The third-order valence-corrected chi connectivity index (χ3v) is 7.90. The molecule has 9 nitrogen and oxygen atoms in total. The molecule has 2 fully saturated rings. The quantitative estimate of drug-likeness (QED) is 0.352. The van der Waals surface area contributed by atoms with Gasteiger partial charge in [-0.05, 0) is 53.7 Å². The summed E-state index contributed by atoms with van der Waals surface area (Å²) in [6, 6.07) is 19.5. The van der Waals surface area contributed by atoms with Crippen molar-refractivity contribution < 1.29 is 13.9 Å². The summed E-state index contributed by atoms with van der Waals surface area (Å²) in [5.41, 5.74) is 6.53. The number of carbonyl (C=O) groups excluding carboxylic acids is 1. The number of para-hydroxylation sites is 1. The third-order valence-electron chi connectivity index (χ3n) is 7.90. The Morgan fingerprint density at radius 1 is 0.975 bits per heavy atom. The van der Waals surface area contributed by atoms with Gasteiger partial charge in [0, 0.05) is 30.5 Å². The Bertz CT molecular complexity index is 1560. The van der Waals surface area contributed by atoms with Crippen molar-refractivity contribution in [3.05, 3.63) is 89.6 Å². The number of pyridine rings is 1. The van der Waals surface area contributed by atoms with Crippen LogP contribution in [0, 0.1) is 0 Å². The Morgan fingerprint density at radius 2 is 1.77 bits per heavy atom. The van der Waals surface area contributed by atoms with E-state index in [9.17, 15) is 4.79 Å². The molecule has 0 spiro atoms. The number of amides is 1. The number of carbonyl (C=O) groups is 1. The fourth-order valence-electron chi connectivity index (χ4n) is 5.50. The monoisotopic (exact) mass is 534 g/mol. The lowest BCUT2D eigenvalue weighted by Crippen LogP contribution is -2.36. The van der Waals surface area contributed by atoms with E-state index in [2.05, 4.69) is 31.8 Å². The molecule has 2 aliphatic heterocycles. The number of benzene rings is 2.